The van der Waals surface area contributed by atoms with Gasteiger partial charge in [0, 0.05) is 37.6 Å². The zero-order valence-corrected chi connectivity index (χ0v) is 12.2. The summed E-state index contributed by atoms with van der Waals surface area (Å²) in [5.41, 5.74) is 0.990. The molecule has 1 aliphatic heterocycles. The minimum Gasteiger partial charge on any atom is -0.478 e. The van der Waals surface area contributed by atoms with Crippen molar-refractivity contribution in [3.8, 4) is 0 Å². The van der Waals surface area contributed by atoms with Crippen molar-refractivity contribution in [2.45, 2.75) is 6.92 Å². The first-order valence-corrected chi connectivity index (χ1v) is 6.81. The molecule has 1 fully saturated rings. The lowest BCUT2D eigenvalue weighted by molar-refractivity contribution is -0.129. The van der Waals surface area contributed by atoms with Crippen molar-refractivity contribution < 1.29 is 14.7 Å². The normalized spacial score (nSPS) is 15.5. The van der Waals surface area contributed by atoms with E-state index in [0.29, 0.717) is 31.9 Å². The fraction of sp³-hybridized carbons (Fsp3) is 0.385. The summed E-state index contributed by atoms with van der Waals surface area (Å²) in [4.78, 5) is 26.3. The average Bonchev–Trinajstić information content (AvgIpc) is 2.38. The van der Waals surface area contributed by atoms with Gasteiger partial charge in [0.25, 0.3) is 0 Å². The van der Waals surface area contributed by atoms with Crippen LogP contribution in [0.2, 0.25) is 0 Å². The first-order chi connectivity index (χ1) is 8.99. The molecule has 0 aliphatic carbocycles. The molecular weight excluding hydrogens is 312 g/mol. The van der Waals surface area contributed by atoms with Gasteiger partial charge < -0.3 is 14.9 Å². The highest BCUT2D eigenvalue weighted by atomic mass is 79.9. The van der Waals surface area contributed by atoms with E-state index in [2.05, 4.69) is 15.9 Å². The van der Waals surface area contributed by atoms with Gasteiger partial charge in [-0.15, -0.1) is 0 Å². The van der Waals surface area contributed by atoms with Crippen LogP contribution >= 0.6 is 15.9 Å². The highest BCUT2D eigenvalue weighted by Crippen LogP contribution is 2.25. The number of carbonyl (C=O) groups excluding carboxylic acids is 1. The van der Waals surface area contributed by atoms with Crippen LogP contribution in [0.25, 0.3) is 0 Å². The third-order valence-corrected chi connectivity index (χ3v) is 3.75. The quantitative estimate of drug-likeness (QED) is 0.900. The maximum atomic E-state index is 11.3. The standard InChI is InChI=1S/C13H15BrN2O3/c1-9(17)15-4-6-16(7-5-15)12-3-2-10(14)8-11(12)13(18)19/h2-3,8H,4-7H2,1H3,(H,18,19). The molecule has 1 saturated heterocycles. The zero-order chi connectivity index (χ0) is 14.0. The van der Waals surface area contributed by atoms with Crippen molar-refractivity contribution in [1.29, 1.82) is 0 Å². The van der Waals surface area contributed by atoms with Gasteiger partial charge in [-0.05, 0) is 18.2 Å². The monoisotopic (exact) mass is 326 g/mol. The fourth-order valence-corrected chi connectivity index (χ4v) is 2.58. The highest BCUT2D eigenvalue weighted by Gasteiger charge is 2.22. The van der Waals surface area contributed by atoms with Crippen molar-refractivity contribution in [2.24, 2.45) is 0 Å². The number of halogens is 1. The number of hydrogen-bond acceptors (Lipinski definition) is 3. The molecule has 6 heteroatoms. The zero-order valence-electron chi connectivity index (χ0n) is 10.6. The molecule has 1 aliphatic rings. The molecular formula is C13H15BrN2O3. The van der Waals surface area contributed by atoms with Crippen LogP contribution in [-0.4, -0.2) is 48.1 Å². The van der Waals surface area contributed by atoms with Crippen LogP contribution in [0.5, 0.6) is 0 Å². The third-order valence-electron chi connectivity index (χ3n) is 3.25. The Bertz CT molecular complexity index is 511. The molecule has 1 aromatic carbocycles. The van der Waals surface area contributed by atoms with Gasteiger partial charge in [-0.3, -0.25) is 4.79 Å². The van der Waals surface area contributed by atoms with Gasteiger partial charge in [-0.25, -0.2) is 4.79 Å². The molecule has 1 amide bonds. The van der Waals surface area contributed by atoms with Crippen LogP contribution in [0.3, 0.4) is 0 Å². The van der Waals surface area contributed by atoms with Gasteiger partial charge in [-0.2, -0.15) is 0 Å². The Morgan fingerprint density at radius 2 is 1.84 bits per heavy atom. The molecule has 1 aromatic rings. The molecule has 5 nitrogen and oxygen atoms in total. The summed E-state index contributed by atoms with van der Waals surface area (Å²) in [5, 5.41) is 9.25. The van der Waals surface area contributed by atoms with E-state index in [-0.39, 0.29) is 11.5 Å². The van der Waals surface area contributed by atoms with Crippen molar-refractivity contribution >= 4 is 33.5 Å². The summed E-state index contributed by atoms with van der Waals surface area (Å²) in [5.74, 6) is -0.876. The number of piperazine rings is 1. The van der Waals surface area contributed by atoms with Crippen LogP contribution in [0.4, 0.5) is 5.69 Å². The van der Waals surface area contributed by atoms with E-state index in [1.807, 2.05) is 11.0 Å². The largest absolute Gasteiger partial charge is 0.478 e. The second kappa shape index (κ2) is 5.61. The maximum absolute atomic E-state index is 11.3. The van der Waals surface area contributed by atoms with Crippen LogP contribution in [0.1, 0.15) is 17.3 Å². The summed E-state index contributed by atoms with van der Waals surface area (Å²) in [6.07, 6.45) is 0. The van der Waals surface area contributed by atoms with Crippen molar-refractivity contribution in [3.05, 3.63) is 28.2 Å². The summed E-state index contributed by atoms with van der Waals surface area (Å²) in [6, 6.07) is 5.24. The molecule has 1 heterocycles. The molecule has 2 rings (SSSR count). The van der Waals surface area contributed by atoms with E-state index in [1.54, 1.807) is 24.0 Å². The van der Waals surface area contributed by atoms with Crippen LogP contribution < -0.4 is 4.90 Å². The molecule has 0 bridgehead atoms. The minimum absolute atomic E-state index is 0.0638. The predicted octanol–water partition coefficient (Wildman–Crippen LogP) is 1.82. The third kappa shape index (κ3) is 3.07. The number of aromatic carboxylic acids is 1. The number of benzene rings is 1. The lowest BCUT2D eigenvalue weighted by Gasteiger charge is -2.36. The first kappa shape index (κ1) is 13.9. The van der Waals surface area contributed by atoms with Crippen LogP contribution in [0.15, 0.2) is 22.7 Å². The average molecular weight is 327 g/mol. The van der Waals surface area contributed by atoms with E-state index < -0.39 is 5.97 Å². The number of carbonyl (C=O) groups is 2. The van der Waals surface area contributed by atoms with Crippen molar-refractivity contribution in [3.63, 3.8) is 0 Å². The van der Waals surface area contributed by atoms with Crippen LogP contribution in [0, 0.1) is 0 Å². The van der Waals surface area contributed by atoms with Crippen molar-refractivity contribution in [1.82, 2.24) is 4.90 Å². The number of nitrogens with zero attached hydrogens (tertiary/aromatic N) is 2. The molecule has 0 saturated carbocycles. The number of carboxylic acids is 1. The molecule has 0 aromatic heterocycles. The Labute approximate surface area is 119 Å². The molecule has 102 valence electrons. The van der Waals surface area contributed by atoms with Gasteiger partial charge in [0.2, 0.25) is 5.91 Å². The molecule has 19 heavy (non-hydrogen) atoms. The number of anilines is 1. The molecule has 0 atom stereocenters. The maximum Gasteiger partial charge on any atom is 0.337 e. The molecule has 1 N–H and O–H groups in total. The van der Waals surface area contributed by atoms with E-state index in [0.717, 1.165) is 4.47 Å². The van der Waals surface area contributed by atoms with E-state index in [4.69, 9.17) is 0 Å². The highest BCUT2D eigenvalue weighted by molar-refractivity contribution is 9.10. The topological polar surface area (TPSA) is 60.9 Å². The van der Waals surface area contributed by atoms with Gasteiger partial charge in [0.1, 0.15) is 0 Å². The summed E-state index contributed by atoms with van der Waals surface area (Å²) in [7, 11) is 0. The second-order valence-corrected chi connectivity index (χ2v) is 5.38. The lowest BCUT2D eigenvalue weighted by Crippen LogP contribution is -2.48. The number of carboxylic acid groups (broad SMARTS) is 1. The fourth-order valence-electron chi connectivity index (χ4n) is 2.22. The summed E-state index contributed by atoms with van der Waals surface area (Å²) >= 11 is 3.28. The first-order valence-electron chi connectivity index (χ1n) is 6.02. The Morgan fingerprint density at radius 3 is 2.37 bits per heavy atom. The number of amides is 1. The van der Waals surface area contributed by atoms with E-state index >= 15 is 0 Å². The molecule has 0 radical (unpaired) electrons. The van der Waals surface area contributed by atoms with Gasteiger partial charge >= 0.3 is 5.97 Å². The SMILES string of the molecule is CC(=O)N1CCN(c2ccc(Br)cc2C(=O)O)CC1. The molecule has 0 spiro atoms. The van der Waals surface area contributed by atoms with Gasteiger partial charge in [0.15, 0.2) is 0 Å². The van der Waals surface area contributed by atoms with Crippen molar-refractivity contribution in [2.75, 3.05) is 31.1 Å². The number of hydrogen-bond donors (Lipinski definition) is 1. The lowest BCUT2D eigenvalue weighted by atomic mass is 10.1. The van der Waals surface area contributed by atoms with Gasteiger partial charge in [0.05, 0.1) is 11.3 Å². The van der Waals surface area contributed by atoms with E-state index in [1.165, 1.54) is 0 Å². The Morgan fingerprint density at radius 1 is 1.21 bits per heavy atom. The van der Waals surface area contributed by atoms with E-state index in [9.17, 15) is 14.7 Å². The molecule has 0 unspecified atom stereocenters. The minimum atomic E-state index is -0.940. The van der Waals surface area contributed by atoms with Gasteiger partial charge in [-0.1, -0.05) is 15.9 Å². The summed E-state index contributed by atoms with van der Waals surface area (Å²) in [6.45, 7) is 4.12. The smallest absolute Gasteiger partial charge is 0.337 e. The Balaban J connectivity index is 2.20. The number of rotatable bonds is 2. The second-order valence-electron chi connectivity index (χ2n) is 4.46. The van der Waals surface area contributed by atoms with Crippen LogP contribution in [-0.2, 0) is 4.79 Å². The predicted molar refractivity (Wildman–Crippen MR) is 75.6 cm³/mol. The Kier molecular flexibility index (Phi) is 4.09. The Hall–Kier alpha value is -1.56. The summed E-state index contributed by atoms with van der Waals surface area (Å²) < 4.78 is 0.746.